The second-order valence-electron chi connectivity index (χ2n) is 4.54. The monoisotopic (exact) mass is 286 g/mol. The van der Waals surface area contributed by atoms with E-state index in [1.165, 1.54) is 0 Å². The molecule has 0 aromatic carbocycles. The van der Waals surface area contributed by atoms with Crippen molar-refractivity contribution in [3.8, 4) is 11.5 Å². The summed E-state index contributed by atoms with van der Waals surface area (Å²) in [6.45, 7) is 2.06. The molecule has 0 unspecified atom stereocenters. The number of amides is 1. The SMILES string of the molecule is C[C@@H](C(=O)NCc1cc(-c2ccco2)on1)n1cccn1. The van der Waals surface area contributed by atoms with E-state index in [0.29, 0.717) is 17.2 Å². The lowest BCUT2D eigenvalue weighted by Crippen LogP contribution is -2.30. The number of rotatable bonds is 5. The Hall–Kier alpha value is -2.83. The van der Waals surface area contributed by atoms with Gasteiger partial charge in [-0.15, -0.1) is 0 Å². The fraction of sp³-hybridized carbons (Fsp3) is 0.214. The zero-order valence-corrected chi connectivity index (χ0v) is 11.4. The summed E-state index contributed by atoms with van der Waals surface area (Å²) in [5.74, 6) is 0.996. The Labute approximate surface area is 120 Å². The highest BCUT2D eigenvalue weighted by Gasteiger charge is 2.15. The van der Waals surface area contributed by atoms with Gasteiger partial charge in [0, 0.05) is 18.5 Å². The normalized spacial score (nSPS) is 12.2. The van der Waals surface area contributed by atoms with Gasteiger partial charge in [0.1, 0.15) is 11.7 Å². The van der Waals surface area contributed by atoms with Gasteiger partial charge < -0.3 is 14.3 Å². The number of aromatic nitrogens is 3. The van der Waals surface area contributed by atoms with Gasteiger partial charge >= 0.3 is 0 Å². The maximum Gasteiger partial charge on any atom is 0.244 e. The van der Waals surface area contributed by atoms with Crippen molar-refractivity contribution in [2.45, 2.75) is 19.5 Å². The first-order valence-electron chi connectivity index (χ1n) is 6.50. The van der Waals surface area contributed by atoms with Crippen LogP contribution in [0.1, 0.15) is 18.7 Å². The van der Waals surface area contributed by atoms with Gasteiger partial charge in [0.25, 0.3) is 0 Å². The predicted molar refractivity (Wildman–Crippen MR) is 73.0 cm³/mol. The van der Waals surface area contributed by atoms with Crippen LogP contribution >= 0.6 is 0 Å². The van der Waals surface area contributed by atoms with Crippen molar-refractivity contribution < 1.29 is 13.7 Å². The summed E-state index contributed by atoms with van der Waals surface area (Å²) >= 11 is 0. The summed E-state index contributed by atoms with van der Waals surface area (Å²) < 4.78 is 12.0. The van der Waals surface area contributed by atoms with E-state index in [9.17, 15) is 4.79 Å². The predicted octanol–water partition coefficient (Wildman–Crippen LogP) is 2.01. The van der Waals surface area contributed by atoms with E-state index in [2.05, 4.69) is 15.6 Å². The van der Waals surface area contributed by atoms with Crippen molar-refractivity contribution in [3.05, 3.63) is 48.6 Å². The van der Waals surface area contributed by atoms with E-state index in [1.54, 1.807) is 54.5 Å². The lowest BCUT2D eigenvalue weighted by atomic mass is 10.3. The third kappa shape index (κ3) is 2.86. The first-order chi connectivity index (χ1) is 10.2. The molecule has 3 aromatic rings. The Morgan fingerprint density at radius 1 is 1.43 bits per heavy atom. The number of hydrogen-bond donors (Lipinski definition) is 1. The molecule has 0 saturated heterocycles. The van der Waals surface area contributed by atoms with Gasteiger partial charge in [0.05, 0.1) is 12.8 Å². The van der Waals surface area contributed by atoms with Gasteiger partial charge in [0.2, 0.25) is 11.7 Å². The second-order valence-corrected chi connectivity index (χ2v) is 4.54. The van der Waals surface area contributed by atoms with Crippen molar-refractivity contribution in [2.75, 3.05) is 0 Å². The number of furan rings is 1. The smallest absolute Gasteiger partial charge is 0.244 e. The number of carbonyl (C=O) groups excluding carboxylic acids is 1. The Morgan fingerprint density at radius 3 is 3.05 bits per heavy atom. The number of nitrogens with zero attached hydrogens (tertiary/aromatic N) is 3. The highest BCUT2D eigenvalue weighted by atomic mass is 16.5. The molecule has 0 aliphatic rings. The number of nitrogens with one attached hydrogen (secondary N) is 1. The van der Waals surface area contributed by atoms with Crippen molar-refractivity contribution in [1.29, 1.82) is 0 Å². The zero-order valence-electron chi connectivity index (χ0n) is 11.4. The van der Waals surface area contributed by atoms with Crippen LogP contribution in [0.5, 0.6) is 0 Å². The third-order valence-electron chi connectivity index (χ3n) is 3.07. The quantitative estimate of drug-likeness (QED) is 0.775. The Bertz CT molecular complexity index is 701. The molecule has 7 nitrogen and oxygen atoms in total. The van der Waals surface area contributed by atoms with Gasteiger partial charge in [-0.05, 0) is 25.1 Å². The van der Waals surface area contributed by atoms with Crippen molar-refractivity contribution in [3.63, 3.8) is 0 Å². The maximum absolute atomic E-state index is 12.0. The first-order valence-corrected chi connectivity index (χ1v) is 6.50. The van der Waals surface area contributed by atoms with Crippen molar-refractivity contribution in [1.82, 2.24) is 20.3 Å². The molecule has 3 aromatic heterocycles. The topological polar surface area (TPSA) is 86.1 Å². The first kappa shape index (κ1) is 13.2. The molecule has 1 amide bonds. The lowest BCUT2D eigenvalue weighted by Gasteiger charge is -2.11. The van der Waals surface area contributed by atoms with Gasteiger partial charge in [0.15, 0.2) is 5.76 Å². The van der Waals surface area contributed by atoms with E-state index in [0.717, 1.165) is 0 Å². The minimum atomic E-state index is -0.378. The van der Waals surface area contributed by atoms with Gasteiger partial charge in [-0.2, -0.15) is 5.10 Å². The van der Waals surface area contributed by atoms with E-state index < -0.39 is 0 Å². The van der Waals surface area contributed by atoms with Crippen LogP contribution in [0.15, 0.2) is 51.9 Å². The fourth-order valence-electron chi connectivity index (χ4n) is 1.89. The van der Waals surface area contributed by atoms with Crippen molar-refractivity contribution in [2.24, 2.45) is 0 Å². The molecule has 0 saturated carbocycles. The molecule has 0 radical (unpaired) electrons. The number of carbonyl (C=O) groups is 1. The van der Waals surface area contributed by atoms with Crippen LogP contribution in [0, 0.1) is 0 Å². The maximum atomic E-state index is 12.0. The molecule has 0 spiro atoms. The summed E-state index contributed by atoms with van der Waals surface area (Å²) in [4.78, 5) is 12.0. The van der Waals surface area contributed by atoms with Crippen LogP contribution in [0.2, 0.25) is 0 Å². The average Bonchev–Trinajstić information content (AvgIpc) is 3.25. The summed E-state index contributed by atoms with van der Waals surface area (Å²) in [5, 5.41) is 10.7. The third-order valence-corrected chi connectivity index (χ3v) is 3.07. The van der Waals surface area contributed by atoms with Crippen LogP contribution in [-0.2, 0) is 11.3 Å². The van der Waals surface area contributed by atoms with E-state index in [-0.39, 0.29) is 18.5 Å². The summed E-state index contributed by atoms with van der Waals surface area (Å²) in [6.07, 6.45) is 4.94. The Balaban J connectivity index is 1.59. The van der Waals surface area contributed by atoms with Crippen LogP contribution < -0.4 is 5.32 Å². The van der Waals surface area contributed by atoms with Gasteiger partial charge in [-0.3, -0.25) is 9.48 Å². The molecule has 7 heteroatoms. The average molecular weight is 286 g/mol. The zero-order chi connectivity index (χ0) is 14.7. The van der Waals surface area contributed by atoms with Crippen molar-refractivity contribution >= 4 is 5.91 Å². The molecule has 21 heavy (non-hydrogen) atoms. The van der Waals surface area contributed by atoms with E-state index >= 15 is 0 Å². The van der Waals surface area contributed by atoms with Gasteiger partial charge in [-0.25, -0.2) is 0 Å². The molecule has 108 valence electrons. The molecule has 3 rings (SSSR count). The Kier molecular flexibility index (Phi) is 3.55. The summed E-state index contributed by atoms with van der Waals surface area (Å²) in [5.41, 5.74) is 0.627. The van der Waals surface area contributed by atoms with Gasteiger partial charge in [-0.1, -0.05) is 5.16 Å². The van der Waals surface area contributed by atoms with Crippen LogP contribution in [-0.4, -0.2) is 20.8 Å². The summed E-state index contributed by atoms with van der Waals surface area (Å²) in [6, 6.07) is 6.68. The molecule has 1 N–H and O–H groups in total. The molecule has 0 aliphatic heterocycles. The summed E-state index contributed by atoms with van der Waals surface area (Å²) in [7, 11) is 0. The second kappa shape index (κ2) is 5.66. The highest BCUT2D eigenvalue weighted by Crippen LogP contribution is 2.20. The fourth-order valence-corrected chi connectivity index (χ4v) is 1.89. The van der Waals surface area contributed by atoms with Crippen LogP contribution in [0.4, 0.5) is 0 Å². The highest BCUT2D eigenvalue weighted by molar-refractivity contribution is 5.79. The number of hydrogen-bond acceptors (Lipinski definition) is 5. The van der Waals surface area contributed by atoms with E-state index in [4.69, 9.17) is 8.94 Å². The van der Waals surface area contributed by atoms with E-state index in [1.807, 2.05) is 0 Å². The molecule has 3 heterocycles. The lowest BCUT2D eigenvalue weighted by molar-refractivity contribution is -0.124. The molecule has 0 aliphatic carbocycles. The standard InChI is InChI=1S/C14H14N4O3/c1-10(18-6-3-5-16-18)14(19)15-9-11-8-13(21-17-11)12-4-2-7-20-12/h2-8,10H,9H2,1H3,(H,15,19)/t10-/m0/s1. The minimum absolute atomic E-state index is 0.138. The molecule has 0 fully saturated rings. The van der Waals surface area contributed by atoms with Crippen LogP contribution in [0.25, 0.3) is 11.5 Å². The van der Waals surface area contributed by atoms with Crippen LogP contribution in [0.3, 0.4) is 0 Å². The molecular formula is C14H14N4O3. The Morgan fingerprint density at radius 2 is 2.33 bits per heavy atom. The minimum Gasteiger partial charge on any atom is -0.461 e. The molecular weight excluding hydrogens is 272 g/mol. The molecule has 0 bridgehead atoms. The largest absolute Gasteiger partial charge is 0.461 e. The molecule has 1 atom stereocenters.